The molecule has 0 unspecified atom stereocenters. The summed E-state index contributed by atoms with van der Waals surface area (Å²) in [5, 5.41) is 7.29. The highest BCUT2D eigenvalue weighted by atomic mass is 19.4. The van der Waals surface area contributed by atoms with Crippen LogP contribution in [0.2, 0.25) is 0 Å². The van der Waals surface area contributed by atoms with Crippen LogP contribution in [0.3, 0.4) is 0 Å². The van der Waals surface area contributed by atoms with E-state index in [0.29, 0.717) is 23.3 Å². The lowest BCUT2D eigenvalue weighted by molar-refractivity contribution is -0.137. The van der Waals surface area contributed by atoms with Crippen LogP contribution in [0.25, 0.3) is 0 Å². The molecule has 11 heteroatoms. The molecule has 0 aliphatic carbocycles. The largest absolute Gasteiger partial charge is 0.457 e. The molecule has 0 aliphatic heterocycles. The van der Waals surface area contributed by atoms with Crippen molar-refractivity contribution in [3.8, 4) is 11.5 Å². The van der Waals surface area contributed by atoms with E-state index in [4.69, 9.17) is 4.74 Å². The number of carbonyl (C=O) groups is 3. The zero-order chi connectivity index (χ0) is 26.3. The quantitative estimate of drug-likeness (QED) is 0.288. The van der Waals surface area contributed by atoms with Crippen LogP contribution in [0.5, 0.6) is 11.5 Å². The van der Waals surface area contributed by atoms with E-state index in [0.717, 1.165) is 12.1 Å². The topological polar surface area (TPSA) is 109 Å². The fourth-order valence-electron chi connectivity index (χ4n) is 3.08. The van der Waals surface area contributed by atoms with Crippen molar-refractivity contribution >= 4 is 29.1 Å². The highest BCUT2D eigenvalue weighted by molar-refractivity contribution is 6.06. The molecular formula is C25H21F3N4O4. The Labute approximate surface area is 204 Å². The number of aromatic nitrogens is 1. The van der Waals surface area contributed by atoms with E-state index >= 15 is 0 Å². The normalized spacial score (nSPS) is 11.1. The number of alkyl halides is 3. The van der Waals surface area contributed by atoms with Gasteiger partial charge in [-0.25, -0.2) is 4.79 Å². The van der Waals surface area contributed by atoms with Crippen LogP contribution < -0.4 is 20.7 Å². The smallest absolute Gasteiger partial charge is 0.417 e. The number of carbonyl (C=O) groups excluding carboxylic acids is 3. The van der Waals surface area contributed by atoms with Gasteiger partial charge in [0.15, 0.2) is 5.78 Å². The van der Waals surface area contributed by atoms with E-state index in [2.05, 4.69) is 20.9 Å². The van der Waals surface area contributed by atoms with E-state index < -0.39 is 29.1 Å². The van der Waals surface area contributed by atoms with Crippen LogP contribution in [0.15, 0.2) is 72.9 Å². The fourth-order valence-corrected chi connectivity index (χ4v) is 3.08. The first-order chi connectivity index (χ1) is 17.1. The van der Waals surface area contributed by atoms with Crippen molar-refractivity contribution in [3.05, 3.63) is 89.8 Å². The molecule has 2 aromatic carbocycles. The van der Waals surface area contributed by atoms with E-state index in [1.54, 1.807) is 18.2 Å². The van der Waals surface area contributed by atoms with E-state index in [9.17, 15) is 27.6 Å². The van der Waals surface area contributed by atoms with E-state index in [-0.39, 0.29) is 17.3 Å². The maximum atomic E-state index is 13.4. The van der Waals surface area contributed by atoms with Crippen LogP contribution in [0.1, 0.15) is 33.3 Å². The minimum Gasteiger partial charge on any atom is -0.457 e. The second kappa shape index (κ2) is 11.2. The van der Waals surface area contributed by atoms with Crippen LogP contribution in [-0.4, -0.2) is 29.8 Å². The van der Waals surface area contributed by atoms with Crippen LogP contribution in [-0.2, 0) is 6.18 Å². The molecule has 0 saturated heterocycles. The molecule has 0 fully saturated rings. The van der Waals surface area contributed by atoms with Gasteiger partial charge in [0.2, 0.25) is 0 Å². The Morgan fingerprint density at radius 2 is 1.58 bits per heavy atom. The molecule has 3 aromatic rings. The first kappa shape index (κ1) is 25.9. The van der Waals surface area contributed by atoms with E-state index in [1.807, 2.05) is 0 Å². The average Bonchev–Trinajstić information content (AvgIpc) is 2.84. The zero-order valence-electron chi connectivity index (χ0n) is 19.1. The number of ether oxygens (including phenoxy) is 1. The number of nitrogens with zero attached hydrogens (tertiary/aromatic N) is 1. The number of anilines is 2. The molecule has 3 N–H and O–H groups in total. The summed E-state index contributed by atoms with van der Waals surface area (Å²) >= 11 is 0. The summed E-state index contributed by atoms with van der Waals surface area (Å²) < 4.78 is 46.0. The molecule has 36 heavy (non-hydrogen) atoms. The van der Waals surface area contributed by atoms with Crippen molar-refractivity contribution in [2.75, 3.05) is 17.7 Å². The SMILES string of the molecule is CC=CC(=O)c1ccc(NC(=O)Nc2ccc(Oc3ccnc(C(=O)NC)c3)cc2)cc1C(F)(F)F. The average molecular weight is 498 g/mol. The first-order valence-electron chi connectivity index (χ1n) is 10.5. The summed E-state index contributed by atoms with van der Waals surface area (Å²) in [4.78, 5) is 39.9. The lowest BCUT2D eigenvalue weighted by atomic mass is 10.0. The molecule has 0 saturated carbocycles. The third-order valence-electron chi connectivity index (χ3n) is 4.71. The highest BCUT2D eigenvalue weighted by Crippen LogP contribution is 2.34. The Bertz CT molecular complexity index is 1310. The van der Waals surface area contributed by atoms with E-state index in [1.165, 1.54) is 50.5 Å². The molecule has 8 nitrogen and oxygen atoms in total. The van der Waals surface area contributed by atoms with Gasteiger partial charge >= 0.3 is 12.2 Å². The zero-order valence-corrected chi connectivity index (χ0v) is 19.1. The number of ketones is 1. The third-order valence-corrected chi connectivity index (χ3v) is 4.71. The minimum atomic E-state index is -4.79. The van der Waals surface area contributed by atoms with Crippen molar-refractivity contribution in [2.45, 2.75) is 13.1 Å². The number of halogens is 3. The predicted molar refractivity (Wildman–Crippen MR) is 127 cm³/mol. The molecule has 0 atom stereocenters. The molecule has 186 valence electrons. The highest BCUT2D eigenvalue weighted by Gasteiger charge is 2.35. The second-order valence-electron chi connectivity index (χ2n) is 7.28. The first-order valence-corrected chi connectivity index (χ1v) is 10.5. The number of nitrogens with one attached hydrogen (secondary N) is 3. The van der Waals surface area contributed by atoms with Gasteiger partial charge in [-0.3, -0.25) is 14.6 Å². The summed E-state index contributed by atoms with van der Waals surface area (Å²) in [5.74, 6) is -0.378. The van der Waals surface area contributed by atoms with Gasteiger partial charge in [0.05, 0.1) is 5.56 Å². The van der Waals surface area contributed by atoms with Crippen molar-refractivity contribution in [1.29, 1.82) is 0 Å². The minimum absolute atomic E-state index is 0.138. The van der Waals surface area contributed by atoms with Crippen LogP contribution in [0.4, 0.5) is 29.3 Å². The molecule has 0 radical (unpaired) electrons. The molecule has 0 aliphatic rings. The van der Waals surface area contributed by atoms with Gasteiger partial charge < -0.3 is 20.7 Å². The summed E-state index contributed by atoms with van der Waals surface area (Å²) in [7, 11) is 1.48. The van der Waals surface area contributed by atoms with Crippen LogP contribution >= 0.6 is 0 Å². The van der Waals surface area contributed by atoms with Gasteiger partial charge in [-0.2, -0.15) is 13.2 Å². The molecule has 3 amide bonds. The number of hydrogen-bond donors (Lipinski definition) is 3. The van der Waals surface area contributed by atoms with Crippen molar-refractivity contribution < 1.29 is 32.3 Å². The Hall–Kier alpha value is -4.67. The van der Waals surface area contributed by atoms with Crippen molar-refractivity contribution in [2.24, 2.45) is 0 Å². The maximum Gasteiger partial charge on any atom is 0.417 e. The second-order valence-corrected chi connectivity index (χ2v) is 7.28. The molecule has 1 aromatic heterocycles. The standard InChI is InChI=1S/C25H21F3N4O4/c1-3-4-22(33)19-10-7-16(13-20(19)25(26,27)28)32-24(35)31-15-5-8-17(9-6-15)36-18-11-12-30-21(14-18)23(34)29-2/h3-14H,1-2H3,(H,29,34)(H2,31,32,35). The van der Waals surface area contributed by atoms with Crippen LogP contribution in [0, 0.1) is 0 Å². The number of rotatable bonds is 7. The van der Waals surface area contributed by atoms with Gasteiger partial charge in [0, 0.05) is 36.2 Å². The molecule has 0 spiro atoms. The number of benzene rings is 2. The van der Waals surface area contributed by atoms with Crippen molar-refractivity contribution in [1.82, 2.24) is 10.3 Å². The Morgan fingerprint density at radius 3 is 2.22 bits per heavy atom. The predicted octanol–water partition coefficient (Wildman–Crippen LogP) is 5.66. The summed E-state index contributed by atoms with van der Waals surface area (Å²) in [6.45, 7) is 1.52. The lowest BCUT2D eigenvalue weighted by Gasteiger charge is -2.14. The van der Waals surface area contributed by atoms with Gasteiger partial charge in [-0.15, -0.1) is 0 Å². The molecular weight excluding hydrogens is 477 g/mol. The van der Waals surface area contributed by atoms with Gasteiger partial charge in [0.1, 0.15) is 17.2 Å². The molecule has 0 bridgehead atoms. The number of amides is 3. The summed E-state index contributed by atoms with van der Waals surface area (Å²) in [6, 6.07) is 11.3. The summed E-state index contributed by atoms with van der Waals surface area (Å²) in [6.07, 6.45) is -0.981. The molecule has 1 heterocycles. The Morgan fingerprint density at radius 1 is 0.917 bits per heavy atom. The molecule has 3 rings (SSSR count). The third kappa shape index (κ3) is 6.69. The lowest BCUT2D eigenvalue weighted by Crippen LogP contribution is -2.20. The van der Waals surface area contributed by atoms with Gasteiger partial charge in [0.25, 0.3) is 5.91 Å². The Kier molecular flexibility index (Phi) is 8.05. The maximum absolute atomic E-state index is 13.4. The monoisotopic (exact) mass is 498 g/mol. The fraction of sp³-hybridized carbons (Fsp3) is 0.120. The van der Waals surface area contributed by atoms with Crippen molar-refractivity contribution in [3.63, 3.8) is 0 Å². The number of allylic oxidation sites excluding steroid dienone is 2. The number of urea groups is 1. The number of hydrogen-bond acceptors (Lipinski definition) is 5. The van der Waals surface area contributed by atoms with Gasteiger partial charge in [-0.05, 0) is 61.5 Å². The van der Waals surface area contributed by atoms with Gasteiger partial charge in [-0.1, -0.05) is 6.08 Å². The summed E-state index contributed by atoms with van der Waals surface area (Å²) in [5.41, 5.74) is -1.28. The Balaban J connectivity index is 1.67. The number of pyridine rings is 1.